The van der Waals surface area contributed by atoms with Gasteiger partial charge in [-0.15, -0.1) is 10.2 Å². The zero-order valence-electron chi connectivity index (χ0n) is 14.6. The molecule has 1 aliphatic rings. The van der Waals surface area contributed by atoms with Gasteiger partial charge in [-0.3, -0.25) is 19.3 Å². The quantitative estimate of drug-likeness (QED) is 0.726. The molecule has 0 radical (unpaired) electrons. The van der Waals surface area contributed by atoms with Gasteiger partial charge in [-0.1, -0.05) is 6.07 Å². The molecule has 2 aromatic heterocycles. The van der Waals surface area contributed by atoms with E-state index in [4.69, 9.17) is 0 Å². The highest BCUT2D eigenvalue weighted by molar-refractivity contribution is 5.94. The molecule has 0 unspecified atom stereocenters. The van der Waals surface area contributed by atoms with Gasteiger partial charge >= 0.3 is 0 Å². The molecule has 7 heteroatoms. The number of hydrogen-bond acceptors (Lipinski definition) is 5. The summed E-state index contributed by atoms with van der Waals surface area (Å²) in [4.78, 5) is 23.6. The topological polar surface area (TPSA) is 76.8 Å². The molecule has 1 fully saturated rings. The minimum absolute atomic E-state index is 0.0636. The van der Waals surface area contributed by atoms with Crippen molar-refractivity contribution < 1.29 is 4.79 Å². The molecule has 26 heavy (non-hydrogen) atoms. The average molecular weight is 348 g/mol. The Hall–Kier alpha value is -3.09. The highest BCUT2D eigenvalue weighted by atomic mass is 16.2. The van der Waals surface area contributed by atoms with Crippen molar-refractivity contribution in [2.45, 2.75) is 25.7 Å². The molecule has 7 nitrogen and oxygen atoms in total. The highest BCUT2D eigenvalue weighted by Gasteiger charge is 2.25. The predicted octanol–water partition coefficient (Wildman–Crippen LogP) is 2.39. The normalized spacial score (nSPS) is 15.2. The van der Waals surface area contributed by atoms with Crippen molar-refractivity contribution in [3.8, 4) is 5.69 Å². The number of amides is 1. The summed E-state index contributed by atoms with van der Waals surface area (Å²) >= 11 is 0. The number of carbonyl (C=O) groups is 1. The smallest absolute Gasteiger partial charge is 0.253 e. The zero-order valence-corrected chi connectivity index (χ0v) is 14.6. The van der Waals surface area contributed by atoms with Crippen LogP contribution in [0, 0.1) is 6.92 Å². The highest BCUT2D eigenvalue weighted by Crippen LogP contribution is 2.27. The molecule has 1 aromatic carbocycles. The summed E-state index contributed by atoms with van der Waals surface area (Å²) in [6.07, 6.45) is 8.68. The Morgan fingerprint density at radius 2 is 1.88 bits per heavy atom. The van der Waals surface area contributed by atoms with Gasteiger partial charge in [0.1, 0.15) is 12.7 Å². The third-order valence-electron chi connectivity index (χ3n) is 4.78. The second kappa shape index (κ2) is 7.03. The minimum atomic E-state index is 0.0636. The van der Waals surface area contributed by atoms with Crippen molar-refractivity contribution in [3.05, 3.63) is 66.3 Å². The van der Waals surface area contributed by atoms with Crippen molar-refractivity contribution in [2.24, 2.45) is 0 Å². The second-order valence-electron chi connectivity index (χ2n) is 6.57. The summed E-state index contributed by atoms with van der Waals surface area (Å²) in [6, 6.07) is 7.55. The lowest BCUT2D eigenvalue weighted by molar-refractivity contribution is 0.0712. The Morgan fingerprint density at radius 3 is 2.62 bits per heavy atom. The lowest BCUT2D eigenvalue weighted by Gasteiger charge is -2.31. The van der Waals surface area contributed by atoms with Crippen molar-refractivity contribution in [2.75, 3.05) is 13.1 Å². The van der Waals surface area contributed by atoms with E-state index in [-0.39, 0.29) is 5.91 Å². The number of rotatable bonds is 3. The average Bonchev–Trinajstić information content (AvgIpc) is 3.23. The van der Waals surface area contributed by atoms with Crippen LogP contribution in [-0.2, 0) is 0 Å². The molecular weight excluding hydrogens is 328 g/mol. The number of aromatic nitrogens is 5. The van der Waals surface area contributed by atoms with Gasteiger partial charge in [0.2, 0.25) is 0 Å². The van der Waals surface area contributed by atoms with E-state index in [1.54, 1.807) is 23.4 Å². The molecule has 3 aromatic rings. The summed E-state index contributed by atoms with van der Waals surface area (Å²) in [5.41, 5.74) is 3.54. The lowest BCUT2D eigenvalue weighted by atomic mass is 9.93. The fraction of sp³-hybridized carbons (Fsp3) is 0.316. The van der Waals surface area contributed by atoms with Crippen LogP contribution in [0.1, 0.15) is 40.5 Å². The Labute approximate surface area is 151 Å². The van der Waals surface area contributed by atoms with E-state index in [0.717, 1.165) is 43.0 Å². The summed E-state index contributed by atoms with van der Waals surface area (Å²) in [5.74, 6) is 0.434. The fourth-order valence-corrected chi connectivity index (χ4v) is 3.37. The molecule has 0 spiro atoms. The number of likely N-dealkylation sites (tertiary alicyclic amines) is 1. The summed E-state index contributed by atoms with van der Waals surface area (Å²) in [7, 11) is 0. The number of carbonyl (C=O) groups excluding carboxylic acids is 1. The van der Waals surface area contributed by atoms with Crippen LogP contribution in [0.25, 0.3) is 5.69 Å². The molecule has 132 valence electrons. The maximum absolute atomic E-state index is 12.9. The van der Waals surface area contributed by atoms with E-state index in [0.29, 0.717) is 11.5 Å². The Bertz CT molecular complexity index is 900. The minimum Gasteiger partial charge on any atom is -0.339 e. The van der Waals surface area contributed by atoms with Gasteiger partial charge in [0.15, 0.2) is 0 Å². The molecule has 0 bridgehead atoms. The van der Waals surface area contributed by atoms with E-state index < -0.39 is 0 Å². The maximum atomic E-state index is 12.9. The van der Waals surface area contributed by atoms with Gasteiger partial charge in [-0.2, -0.15) is 0 Å². The molecule has 3 heterocycles. The van der Waals surface area contributed by atoms with Crippen LogP contribution in [0.2, 0.25) is 0 Å². The molecule has 0 atom stereocenters. The van der Waals surface area contributed by atoms with Gasteiger partial charge in [0.05, 0.1) is 11.4 Å². The zero-order chi connectivity index (χ0) is 17.9. The van der Waals surface area contributed by atoms with Crippen LogP contribution in [0.5, 0.6) is 0 Å². The largest absolute Gasteiger partial charge is 0.339 e. The van der Waals surface area contributed by atoms with Crippen LogP contribution in [0.15, 0.2) is 49.3 Å². The van der Waals surface area contributed by atoms with Crippen molar-refractivity contribution in [1.82, 2.24) is 29.6 Å². The van der Waals surface area contributed by atoms with E-state index >= 15 is 0 Å². The Balaban J connectivity index is 1.45. The molecule has 0 saturated carbocycles. The van der Waals surface area contributed by atoms with E-state index in [1.165, 1.54) is 0 Å². The summed E-state index contributed by atoms with van der Waals surface area (Å²) < 4.78 is 1.79. The third kappa shape index (κ3) is 3.33. The fourth-order valence-electron chi connectivity index (χ4n) is 3.37. The molecule has 1 aliphatic heterocycles. The monoisotopic (exact) mass is 348 g/mol. The van der Waals surface area contributed by atoms with E-state index in [1.807, 2.05) is 42.3 Å². The van der Waals surface area contributed by atoms with Crippen molar-refractivity contribution >= 4 is 5.91 Å². The summed E-state index contributed by atoms with van der Waals surface area (Å²) in [6.45, 7) is 3.42. The predicted molar refractivity (Wildman–Crippen MR) is 96.0 cm³/mol. The molecule has 0 aliphatic carbocycles. The molecule has 1 amide bonds. The first kappa shape index (κ1) is 16.4. The maximum Gasteiger partial charge on any atom is 0.253 e. The van der Waals surface area contributed by atoms with E-state index in [9.17, 15) is 4.79 Å². The van der Waals surface area contributed by atoms with Crippen LogP contribution < -0.4 is 0 Å². The second-order valence-corrected chi connectivity index (χ2v) is 6.57. The number of hydrogen-bond donors (Lipinski definition) is 0. The van der Waals surface area contributed by atoms with Crippen LogP contribution in [0.3, 0.4) is 0 Å². The lowest BCUT2D eigenvalue weighted by Crippen LogP contribution is -2.38. The first-order chi connectivity index (χ1) is 12.7. The van der Waals surface area contributed by atoms with Crippen molar-refractivity contribution in [1.29, 1.82) is 0 Å². The Kier molecular flexibility index (Phi) is 4.43. The van der Waals surface area contributed by atoms with Gasteiger partial charge in [-0.05, 0) is 38.0 Å². The van der Waals surface area contributed by atoms with Crippen LogP contribution >= 0.6 is 0 Å². The number of benzene rings is 1. The first-order valence-electron chi connectivity index (χ1n) is 8.73. The van der Waals surface area contributed by atoms with Gasteiger partial charge < -0.3 is 4.90 Å². The third-order valence-corrected chi connectivity index (χ3v) is 4.78. The number of nitrogens with zero attached hydrogens (tertiary/aromatic N) is 6. The SMILES string of the molecule is Cc1cncc(C2CCN(C(=O)c3cccc(-n4cnnc4)c3)CC2)n1. The van der Waals surface area contributed by atoms with E-state index in [2.05, 4.69) is 20.2 Å². The first-order valence-corrected chi connectivity index (χ1v) is 8.73. The molecule has 1 saturated heterocycles. The van der Waals surface area contributed by atoms with Gasteiger partial charge in [-0.25, -0.2) is 0 Å². The van der Waals surface area contributed by atoms with Gasteiger partial charge in [0.25, 0.3) is 5.91 Å². The van der Waals surface area contributed by atoms with Crippen LogP contribution in [-0.4, -0.2) is 48.6 Å². The summed E-state index contributed by atoms with van der Waals surface area (Å²) in [5, 5.41) is 7.63. The van der Waals surface area contributed by atoms with Gasteiger partial charge in [0, 0.05) is 42.7 Å². The number of piperidine rings is 1. The van der Waals surface area contributed by atoms with Crippen molar-refractivity contribution in [3.63, 3.8) is 0 Å². The number of aryl methyl sites for hydroxylation is 1. The Morgan fingerprint density at radius 1 is 1.12 bits per heavy atom. The standard InChI is InChI=1S/C19H20N6O/c1-14-10-20-11-18(23-14)15-5-7-24(8-6-15)19(26)16-3-2-4-17(9-16)25-12-21-22-13-25/h2-4,9-13,15H,5-8H2,1H3. The van der Waals surface area contributed by atoms with Crippen LogP contribution in [0.4, 0.5) is 0 Å². The molecule has 0 N–H and O–H groups in total. The molecular formula is C19H20N6O. The molecule has 4 rings (SSSR count).